The van der Waals surface area contributed by atoms with Crippen molar-refractivity contribution in [1.82, 2.24) is 19.7 Å². The predicted octanol–water partition coefficient (Wildman–Crippen LogP) is 4.56. The van der Waals surface area contributed by atoms with E-state index in [1.54, 1.807) is 12.3 Å². The fourth-order valence-corrected chi connectivity index (χ4v) is 4.04. The minimum absolute atomic E-state index is 0.0792. The summed E-state index contributed by atoms with van der Waals surface area (Å²) in [5.41, 5.74) is 2.01. The van der Waals surface area contributed by atoms with Crippen LogP contribution in [-0.2, 0) is 17.9 Å². The van der Waals surface area contributed by atoms with E-state index < -0.39 is 0 Å². The molecule has 152 valence electrons. The lowest BCUT2D eigenvalue weighted by atomic mass is 10.2. The Labute approximate surface area is 175 Å². The number of carbonyl (C=O) groups is 1. The van der Waals surface area contributed by atoms with Crippen LogP contribution in [0.25, 0.3) is 11.4 Å². The van der Waals surface area contributed by atoms with E-state index in [4.69, 9.17) is 4.42 Å². The summed E-state index contributed by atoms with van der Waals surface area (Å²) in [6.07, 6.45) is 3.44. The fraction of sp³-hybridized carbons (Fsp3) is 0.318. The van der Waals surface area contributed by atoms with Crippen LogP contribution in [0.2, 0.25) is 0 Å². The molecule has 0 bridgehead atoms. The lowest BCUT2D eigenvalue weighted by molar-refractivity contribution is -0.130. The van der Waals surface area contributed by atoms with Gasteiger partial charge in [0.2, 0.25) is 5.91 Å². The molecule has 1 amide bonds. The third kappa shape index (κ3) is 4.79. The highest BCUT2D eigenvalue weighted by Gasteiger charge is 2.24. The highest BCUT2D eigenvalue weighted by molar-refractivity contribution is 8.00. The summed E-state index contributed by atoms with van der Waals surface area (Å²) in [6, 6.07) is 11.9. The molecule has 0 saturated carbocycles. The molecular weight excluding hydrogens is 384 g/mol. The Morgan fingerprint density at radius 2 is 2.07 bits per heavy atom. The topological polar surface area (TPSA) is 64.2 Å². The van der Waals surface area contributed by atoms with Crippen molar-refractivity contribution < 1.29 is 9.21 Å². The molecule has 2 heterocycles. The second-order valence-electron chi connectivity index (χ2n) is 6.69. The minimum Gasteiger partial charge on any atom is -0.469 e. The van der Waals surface area contributed by atoms with Gasteiger partial charge in [0.05, 0.1) is 17.1 Å². The first-order valence-corrected chi connectivity index (χ1v) is 10.5. The average molecular weight is 411 g/mol. The molecule has 0 spiro atoms. The van der Waals surface area contributed by atoms with Crippen LogP contribution in [0.1, 0.15) is 25.2 Å². The number of hydrogen-bond acceptors (Lipinski definition) is 5. The summed E-state index contributed by atoms with van der Waals surface area (Å²) in [4.78, 5) is 14.9. The van der Waals surface area contributed by atoms with Crippen LogP contribution < -0.4 is 0 Å². The molecule has 0 aliphatic heterocycles. The average Bonchev–Trinajstić information content (AvgIpc) is 3.32. The van der Waals surface area contributed by atoms with E-state index in [1.165, 1.54) is 11.8 Å². The van der Waals surface area contributed by atoms with Gasteiger partial charge in [-0.25, -0.2) is 0 Å². The van der Waals surface area contributed by atoms with Gasteiger partial charge >= 0.3 is 0 Å². The molecule has 2 aromatic heterocycles. The summed E-state index contributed by atoms with van der Waals surface area (Å²) in [7, 11) is 0. The molecule has 0 saturated heterocycles. The van der Waals surface area contributed by atoms with Crippen molar-refractivity contribution in [3.8, 4) is 11.4 Å². The van der Waals surface area contributed by atoms with Crippen LogP contribution in [0.4, 0.5) is 0 Å². The van der Waals surface area contributed by atoms with Crippen LogP contribution >= 0.6 is 11.8 Å². The number of carbonyl (C=O) groups excluding carboxylic acids is 1. The fourth-order valence-electron chi connectivity index (χ4n) is 3.10. The standard InChI is InChI=1S/C22H26N4O2S/c1-5-13-26-20(19-12-14-28-16(19)3)23-24-22(26)29-17(4)21(27)25(6-2)15-18-10-8-7-9-11-18/h5,7-12,14,17H,1,6,13,15H2,2-4H3. The molecule has 1 aromatic carbocycles. The number of aryl methyl sites for hydroxylation is 1. The van der Waals surface area contributed by atoms with Crippen LogP contribution in [-0.4, -0.2) is 37.4 Å². The van der Waals surface area contributed by atoms with Crippen molar-refractivity contribution in [3.05, 3.63) is 66.6 Å². The largest absolute Gasteiger partial charge is 0.469 e. The monoisotopic (exact) mass is 410 g/mol. The maximum Gasteiger partial charge on any atom is 0.236 e. The van der Waals surface area contributed by atoms with Crippen molar-refractivity contribution in [2.45, 2.75) is 44.3 Å². The van der Waals surface area contributed by atoms with Crippen LogP contribution in [0.5, 0.6) is 0 Å². The lowest BCUT2D eigenvalue weighted by Gasteiger charge is -2.24. The Kier molecular flexibility index (Phi) is 6.93. The van der Waals surface area contributed by atoms with Crippen LogP contribution in [0, 0.1) is 6.92 Å². The summed E-state index contributed by atoms with van der Waals surface area (Å²) in [5, 5.41) is 9.09. The van der Waals surface area contributed by atoms with E-state index >= 15 is 0 Å². The zero-order valence-corrected chi connectivity index (χ0v) is 17.9. The third-order valence-electron chi connectivity index (χ3n) is 4.67. The first kappa shape index (κ1) is 20.9. The van der Waals surface area contributed by atoms with Gasteiger partial charge in [-0.05, 0) is 32.4 Å². The van der Waals surface area contributed by atoms with Gasteiger partial charge < -0.3 is 9.32 Å². The summed E-state index contributed by atoms with van der Waals surface area (Å²) in [6.45, 7) is 11.4. The SMILES string of the molecule is C=CCn1c(SC(C)C(=O)N(CC)Cc2ccccc2)nnc1-c1ccoc1C. The highest BCUT2D eigenvalue weighted by Crippen LogP contribution is 2.29. The number of hydrogen-bond donors (Lipinski definition) is 0. The van der Waals surface area contributed by atoms with E-state index in [9.17, 15) is 4.79 Å². The Morgan fingerprint density at radius 1 is 1.31 bits per heavy atom. The van der Waals surface area contributed by atoms with Crippen molar-refractivity contribution in [2.24, 2.45) is 0 Å². The highest BCUT2D eigenvalue weighted by atomic mass is 32.2. The molecule has 0 aliphatic rings. The number of amides is 1. The van der Waals surface area contributed by atoms with Gasteiger partial charge in [0.15, 0.2) is 11.0 Å². The Morgan fingerprint density at radius 3 is 2.69 bits per heavy atom. The van der Waals surface area contributed by atoms with E-state index in [0.717, 1.165) is 22.7 Å². The van der Waals surface area contributed by atoms with Crippen molar-refractivity contribution in [1.29, 1.82) is 0 Å². The maximum absolute atomic E-state index is 13.1. The van der Waals surface area contributed by atoms with Crippen molar-refractivity contribution >= 4 is 17.7 Å². The molecule has 0 N–H and O–H groups in total. The van der Waals surface area contributed by atoms with Gasteiger partial charge in [-0.1, -0.05) is 48.2 Å². The molecule has 3 aromatic rings. The second-order valence-corrected chi connectivity index (χ2v) is 8.00. The van der Waals surface area contributed by atoms with Gasteiger partial charge in [-0.2, -0.15) is 0 Å². The maximum atomic E-state index is 13.1. The molecule has 0 radical (unpaired) electrons. The molecule has 0 fully saturated rings. The molecule has 1 unspecified atom stereocenters. The zero-order valence-electron chi connectivity index (χ0n) is 17.0. The normalized spacial score (nSPS) is 12.0. The molecule has 1 atom stereocenters. The van der Waals surface area contributed by atoms with Gasteiger partial charge in [-0.3, -0.25) is 9.36 Å². The van der Waals surface area contributed by atoms with Crippen molar-refractivity contribution in [3.63, 3.8) is 0 Å². The molecule has 7 heteroatoms. The number of allylic oxidation sites excluding steroid dienone is 1. The van der Waals surface area contributed by atoms with Crippen LogP contribution in [0.15, 0.2) is 64.9 Å². The molecular formula is C22H26N4O2S. The van der Waals surface area contributed by atoms with E-state index in [1.807, 2.05) is 66.6 Å². The number of nitrogens with zero attached hydrogens (tertiary/aromatic N) is 4. The molecule has 6 nitrogen and oxygen atoms in total. The summed E-state index contributed by atoms with van der Waals surface area (Å²) < 4.78 is 7.37. The minimum atomic E-state index is -0.287. The summed E-state index contributed by atoms with van der Waals surface area (Å²) >= 11 is 1.42. The first-order valence-electron chi connectivity index (χ1n) is 9.63. The van der Waals surface area contributed by atoms with Gasteiger partial charge in [-0.15, -0.1) is 16.8 Å². The second kappa shape index (κ2) is 9.60. The number of furan rings is 1. The van der Waals surface area contributed by atoms with E-state index in [2.05, 4.69) is 16.8 Å². The number of thioether (sulfide) groups is 1. The summed E-state index contributed by atoms with van der Waals surface area (Å²) in [5.74, 6) is 1.58. The quantitative estimate of drug-likeness (QED) is 0.382. The Balaban J connectivity index is 1.78. The number of benzene rings is 1. The lowest BCUT2D eigenvalue weighted by Crippen LogP contribution is -2.36. The molecule has 0 aliphatic carbocycles. The Hall–Kier alpha value is -2.80. The Bertz CT molecular complexity index is 964. The van der Waals surface area contributed by atoms with E-state index in [0.29, 0.717) is 24.8 Å². The molecule has 29 heavy (non-hydrogen) atoms. The van der Waals surface area contributed by atoms with Gasteiger partial charge in [0.1, 0.15) is 5.76 Å². The molecule has 3 rings (SSSR count). The van der Waals surface area contributed by atoms with Crippen LogP contribution in [0.3, 0.4) is 0 Å². The number of aromatic nitrogens is 3. The predicted molar refractivity (Wildman–Crippen MR) is 116 cm³/mol. The number of rotatable bonds is 9. The van der Waals surface area contributed by atoms with Crippen molar-refractivity contribution in [2.75, 3.05) is 6.54 Å². The van der Waals surface area contributed by atoms with E-state index in [-0.39, 0.29) is 11.2 Å². The third-order valence-corrected chi connectivity index (χ3v) is 5.74. The van der Waals surface area contributed by atoms with Gasteiger partial charge in [0.25, 0.3) is 0 Å². The van der Waals surface area contributed by atoms with Gasteiger partial charge in [0, 0.05) is 19.6 Å². The zero-order chi connectivity index (χ0) is 20.8. The first-order chi connectivity index (χ1) is 14.0. The smallest absolute Gasteiger partial charge is 0.236 e.